The maximum atomic E-state index is 13.3. The molecule has 3 aromatic heterocycles. The molecule has 11 heteroatoms. The van der Waals surface area contributed by atoms with Crippen molar-refractivity contribution in [3.63, 3.8) is 0 Å². The van der Waals surface area contributed by atoms with Gasteiger partial charge in [0.1, 0.15) is 28.2 Å². The lowest BCUT2D eigenvalue weighted by Crippen LogP contribution is -2.44. The number of hydrogen-bond donors (Lipinski definition) is 3. The van der Waals surface area contributed by atoms with Crippen molar-refractivity contribution in [2.24, 2.45) is 4.36 Å². The molecule has 2 fully saturated rings. The van der Waals surface area contributed by atoms with Crippen LogP contribution in [0.15, 0.2) is 22.7 Å². The summed E-state index contributed by atoms with van der Waals surface area (Å²) in [6.07, 6.45) is 1.69. The summed E-state index contributed by atoms with van der Waals surface area (Å²) < 4.78 is 23.6. The van der Waals surface area contributed by atoms with Gasteiger partial charge in [-0.05, 0) is 13.0 Å². The van der Waals surface area contributed by atoms with E-state index in [4.69, 9.17) is 14.1 Å². The van der Waals surface area contributed by atoms with Crippen LogP contribution in [-0.2, 0) is 14.5 Å². The molecule has 3 aromatic rings. The molecule has 0 aliphatic carbocycles. The minimum absolute atomic E-state index is 0.191. The fraction of sp³-hybridized carbons (Fsp3) is 0.500. The molecule has 2 saturated heterocycles. The van der Waals surface area contributed by atoms with Crippen LogP contribution >= 0.6 is 0 Å². The van der Waals surface area contributed by atoms with Crippen LogP contribution < -0.4 is 10.2 Å². The Kier molecular flexibility index (Phi) is 4.72. The summed E-state index contributed by atoms with van der Waals surface area (Å²) in [6.45, 7) is 5.58. The predicted octanol–water partition coefficient (Wildman–Crippen LogP) is 1.28. The summed E-state index contributed by atoms with van der Waals surface area (Å²) in [6, 6.07) is 3.97. The summed E-state index contributed by atoms with van der Waals surface area (Å²) in [5.41, 5.74) is 3.49. The molecule has 5 heterocycles. The van der Waals surface area contributed by atoms with Gasteiger partial charge in [-0.1, -0.05) is 0 Å². The van der Waals surface area contributed by atoms with Crippen LogP contribution in [0, 0.1) is 0 Å². The third-order valence-electron chi connectivity index (χ3n) is 5.37. The first-order chi connectivity index (χ1) is 14.1. The van der Waals surface area contributed by atoms with Crippen molar-refractivity contribution in [1.82, 2.24) is 30.7 Å². The van der Waals surface area contributed by atoms with E-state index in [-0.39, 0.29) is 6.04 Å². The van der Waals surface area contributed by atoms with Crippen LogP contribution in [0.25, 0.3) is 22.4 Å². The maximum Gasteiger partial charge on any atom is 0.138 e. The average molecular weight is 417 g/mol. The lowest BCUT2D eigenvalue weighted by Gasteiger charge is -2.34. The second kappa shape index (κ2) is 7.39. The van der Waals surface area contributed by atoms with Gasteiger partial charge in [0, 0.05) is 43.4 Å². The number of fused-ring (bicyclic) bond motifs is 1. The first-order valence-electron chi connectivity index (χ1n) is 9.79. The zero-order valence-corrected chi connectivity index (χ0v) is 17.0. The topological polar surface area (TPSA) is 124 Å². The van der Waals surface area contributed by atoms with Crippen LogP contribution in [0.2, 0.25) is 0 Å². The van der Waals surface area contributed by atoms with Crippen LogP contribution in [0.3, 0.4) is 0 Å². The molecule has 0 spiro atoms. The Morgan fingerprint density at radius 1 is 1.28 bits per heavy atom. The zero-order valence-electron chi connectivity index (χ0n) is 16.2. The fourth-order valence-electron chi connectivity index (χ4n) is 3.79. The molecule has 0 bridgehead atoms. The van der Waals surface area contributed by atoms with Gasteiger partial charge in [-0.25, -0.2) is 9.19 Å². The lowest BCUT2D eigenvalue weighted by atomic mass is 10.2. The number of aromatic nitrogens is 5. The normalized spacial score (nSPS) is 22.1. The van der Waals surface area contributed by atoms with Gasteiger partial charge in [0.15, 0.2) is 0 Å². The van der Waals surface area contributed by atoms with Crippen molar-refractivity contribution >= 4 is 32.3 Å². The second-order valence-corrected chi connectivity index (χ2v) is 9.95. The lowest BCUT2D eigenvalue weighted by molar-refractivity contribution is 0.0986. The third-order valence-corrected chi connectivity index (χ3v) is 7.58. The van der Waals surface area contributed by atoms with Crippen molar-refractivity contribution in [3.05, 3.63) is 18.3 Å². The minimum atomic E-state index is -2.32. The molecule has 0 radical (unpaired) electrons. The number of morpholine rings is 1. The van der Waals surface area contributed by atoms with Crippen LogP contribution in [0.4, 0.5) is 11.5 Å². The number of rotatable bonds is 3. The highest BCUT2D eigenvalue weighted by Crippen LogP contribution is 2.34. The van der Waals surface area contributed by atoms with Gasteiger partial charge < -0.3 is 15.0 Å². The maximum absolute atomic E-state index is 13.3. The first kappa shape index (κ1) is 18.5. The van der Waals surface area contributed by atoms with Crippen molar-refractivity contribution < 1.29 is 8.95 Å². The van der Waals surface area contributed by atoms with Crippen molar-refractivity contribution in [2.75, 3.05) is 49.3 Å². The van der Waals surface area contributed by atoms with E-state index in [9.17, 15) is 4.21 Å². The quantitative estimate of drug-likeness (QED) is 0.587. The largest absolute Gasteiger partial charge is 0.377 e. The Morgan fingerprint density at radius 3 is 2.90 bits per heavy atom. The van der Waals surface area contributed by atoms with E-state index >= 15 is 0 Å². The van der Waals surface area contributed by atoms with E-state index in [1.807, 2.05) is 12.1 Å². The Balaban J connectivity index is 1.70. The molecule has 0 unspecified atom stereocenters. The van der Waals surface area contributed by atoms with E-state index in [1.165, 1.54) is 0 Å². The molecule has 0 amide bonds. The minimum Gasteiger partial charge on any atom is -0.377 e. The Bertz CT molecular complexity index is 1120. The molecule has 2 aliphatic rings. The van der Waals surface area contributed by atoms with E-state index in [0.29, 0.717) is 54.5 Å². The van der Waals surface area contributed by atoms with Gasteiger partial charge in [-0.2, -0.15) is 14.6 Å². The number of nitrogens with one attached hydrogen (secondary N) is 3. The summed E-state index contributed by atoms with van der Waals surface area (Å²) in [4.78, 5) is 7.11. The highest BCUT2D eigenvalue weighted by molar-refractivity contribution is 7.93. The number of aromatic amines is 2. The van der Waals surface area contributed by atoms with Crippen molar-refractivity contribution in [3.8, 4) is 11.4 Å². The Labute approximate surface area is 168 Å². The molecule has 1 atom stereocenters. The highest BCUT2D eigenvalue weighted by Gasteiger charge is 2.24. The summed E-state index contributed by atoms with van der Waals surface area (Å²) in [7, 11) is -2.32. The fourth-order valence-corrected chi connectivity index (χ4v) is 5.60. The van der Waals surface area contributed by atoms with Crippen molar-refractivity contribution in [2.45, 2.75) is 13.0 Å². The molecule has 0 saturated carbocycles. The van der Waals surface area contributed by atoms with E-state index < -0.39 is 9.73 Å². The Hall–Kier alpha value is -2.50. The van der Waals surface area contributed by atoms with Gasteiger partial charge in [0.2, 0.25) is 0 Å². The van der Waals surface area contributed by atoms with E-state index in [0.717, 1.165) is 23.8 Å². The summed E-state index contributed by atoms with van der Waals surface area (Å²) in [5, 5.41) is 17.8. The van der Waals surface area contributed by atoms with Gasteiger partial charge >= 0.3 is 0 Å². The first-order valence-corrected chi connectivity index (χ1v) is 11.6. The number of hydrogen-bond acceptors (Lipinski definition) is 8. The molecular weight excluding hydrogens is 392 g/mol. The molecule has 154 valence electrons. The molecule has 29 heavy (non-hydrogen) atoms. The van der Waals surface area contributed by atoms with Gasteiger partial charge in [0.25, 0.3) is 0 Å². The molecule has 2 aliphatic heterocycles. The zero-order chi connectivity index (χ0) is 19.8. The summed E-state index contributed by atoms with van der Waals surface area (Å²) in [5.74, 6) is 1.88. The van der Waals surface area contributed by atoms with Gasteiger partial charge in [0.05, 0.1) is 34.7 Å². The number of pyridine rings is 1. The van der Waals surface area contributed by atoms with Gasteiger partial charge in [-0.3, -0.25) is 10.2 Å². The number of nitrogens with zero attached hydrogens (tertiary/aromatic N) is 5. The molecule has 0 aromatic carbocycles. The van der Waals surface area contributed by atoms with E-state index in [2.05, 4.69) is 37.5 Å². The highest BCUT2D eigenvalue weighted by atomic mass is 32.2. The summed E-state index contributed by atoms with van der Waals surface area (Å²) >= 11 is 0. The molecular formula is C18H24N8O2S. The van der Waals surface area contributed by atoms with Crippen LogP contribution in [0.5, 0.6) is 0 Å². The van der Waals surface area contributed by atoms with Crippen LogP contribution in [-0.4, -0.2) is 80.0 Å². The molecule has 3 N–H and O–H groups in total. The second-order valence-electron chi connectivity index (χ2n) is 7.41. The number of anilines is 1. The van der Waals surface area contributed by atoms with E-state index in [1.54, 1.807) is 6.20 Å². The predicted molar refractivity (Wildman–Crippen MR) is 112 cm³/mol. The molecule has 10 nitrogen and oxygen atoms in total. The number of H-pyrrole nitrogens is 2. The monoisotopic (exact) mass is 416 g/mol. The van der Waals surface area contributed by atoms with Crippen LogP contribution in [0.1, 0.15) is 6.92 Å². The van der Waals surface area contributed by atoms with Gasteiger partial charge in [-0.15, -0.1) is 0 Å². The standard InChI is InChI=1S/C18H24N8O2S/c1-12-11-28-7-6-26(12)15-10-14(25-29(27)8-4-19-5-9-29)17-18(21-15)16(23-24-17)13-2-3-20-22-13/h2-3,10,12,19H,4-9,11H2,1H3,(H,20,22)(H,23,24)/t12-/m1/s1. The SMILES string of the molecule is C[C@@H]1COCCN1c1cc(N=S2(=O)CCNCC2)c2n[nH]c(-c3ccn[nH]3)c2n1. The smallest absolute Gasteiger partial charge is 0.138 e. The average Bonchev–Trinajstić information content (AvgIpc) is 3.38. The number of ether oxygens (including phenoxy) is 1. The Morgan fingerprint density at radius 2 is 2.14 bits per heavy atom. The van der Waals surface area contributed by atoms with Crippen molar-refractivity contribution in [1.29, 1.82) is 0 Å². The molecule has 5 rings (SSSR count). The third kappa shape index (κ3) is 3.49.